The zero-order chi connectivity index (χ0) is 43.6. The highest BCUT2D eigenvalue weighted by molar-refractivity contribution is 6.23. The molecule has 13 aromatic rings. The zero-order valence-corrected chi connectivity index (χ0v) is 36.1. The molecular weight excluding hydrogens is 797 g/mol. The van der Waals surface area contributed by atoms with Gasteiger partial charge in [-0.05, 0) is 120 Å². The predicted molar refractivity (Wildman–Crippen MR) is 282 cm³/mol. The van der Waals surface area contributed by atoms with Gasteiger partial charge in [-0.3, -0.25) is 0 Å². The van der Waals surface area contributed by atoms with Crippen LogP contribution in [0.25, 0.3) is 104 Å². The topological polar surface area (TPSA) is 8.17 Å². The molecule has 0 saturated heterocycles. The Balaban J connectivity index is 1.10. The fraction of sp³-hybridized carbons (Fsp3) is 0. The second kappa shape index (κ2) is 15.5. The summed E-state index contributed by atoms with van der Waals surface area (Å²) in [6.07, 6.45) is 0. The van der Waals surface area contributed by atoms with Gasteiger partial charge < -0.3 is 9.47 Å². The predicted octanol–water partition coefficient (Wildman–Crippen LogP) is 17.9. The summed E-state index contributed by atoms with van der Waals surface area (Å²) >= 11 is 0. The molecule has 66 heavy (non-hydrogen) atoms. The first-order valence-corrected chi connectivity index (χ1v) is 22.8. The van der Waals surface area contributed by atoms with Gasteiger partial charge in [0, 0.05) is 27.5 Å². The summed E-state index contributed by atoms with van der Waals surface area (Å²) in [5.74, 6) is 0. The highest BCUT2D eigenvalue weighted by Crippen LogP contribution is 2.49. The molecule has 0 aliphatic heterocycles. The van der Waals surface area contributed by atoms with E-state index in [9.17, 15) is 0 Å². The number of hydrogen-bond donors (Lipinski definition) is 0. The van der Waals surface area contributed by atoms with Crippen molar-refractivity contribution in [1.29, 1.82) is 0 Å². The molecule has 1 heterocycles. The molecule has 1 aromatic heterocycles. The Morgan fingerprint density at radius 3 is 1.53 bits per heavy atom. The molecule has 0 fully saturated rings. The van der Waals surface area contributed by atoms with Gasteiger partial charge in [0.15, 0.2) is 0 Å². The van der Waals surface area contributed by atoms with Crippen LogP contribution in [-0.2, 0) is 0 Å². The van der Waals surface area contributed by atoms with Gasteiger partial charge in [0.05, 0.1) is 22.4 Å². The van der Waals surface area contributed by atoms with E-state index >= 15 is 0 Å². The van der Waals surface area contributed by atoms with Gasteiger partial charge >= 0.3 is 0 Å². The number of rotatable bonds is 7. The quantitative estimate of drug-likeness (QED) is 0.145. The highest BCUT2D eigenvalue weighted by atomic mass is 15.2. The molecule has 0 atom stereocenters. The number of fused-ring (bicyclic) bond motifs is 9. The molecular formula is C64H42N2. The van der Waals surface area contributed by atoms with Crippen molar-refractivity contribution < 1.29 is 0 Å². The van der Waals surface area contributed by atoms with Gasteiger partial charge in [0.25, 0.3) is 0 Å². The van der Waals surface area contributed by atoms with E-state index in [1.165, 1.54) is 81.6 Å². The lowest BCUT2D eigenvalue weighted by molar-refractivity contribution is 1.17. The molecule has 0 saturated carbocycles. The molecule has 0 bridgehead atoms. The third-order valence-electron chi connectivity index (χ3n) is 13.5. The fourth-order valence-corrected chi connectivity index (χ4v) is 10.7. The number of para-hydroxylation sites is 3. The largest absolute Gasteiger partial charge is 0.308 e. The Kier molecular flexibility index (Phi) is 8.89. The summed E-state index contributed by atoms with van der Waals surface area (Å²) in [5.41, 5.74) is 14.0. The van der Waals surface area contributed by atoms with Gasteiger partial charge in [-0.2, -0.15) is 0 Å². The summed E-state index contributed by atoms with van der Waals surface area (Å²) < 4.78 is 2.45. The zero-order valence-electron chi connectivity index (χ0n) is 36.1. The minimum atomic E-state index is 1.08. The lowest BCUT2D eigenvalue weighted by Crippen LogP contribution is -2.12. The van der Waals surface area contributed by atoms with E-state index in [4.69, 9.17) is 0 Å². The SMILES string of the molecule is c1ccc(-c2c(-c3ccccc3)c3cc(-c4cccc(N(c5cc6ccccc6c6ccccc56)c5cccc6c7ccccc7n(-c7ccccc7)c56)c4)ccc3c3ccccc23)cc1. The van der Waals surface area contributed by atoms with Crippen LogP contribution < -0.4 is 4.90 Å². The maximum Gasteiger partial charge on any atom is 0.0782 e. The Morgan fingerprint density at radius 2 is 0.788 bits per heavy atom. The standard InChI is InChI=1S/C64H42N2/c1-4-20-43(21-5-1)62-56-34-15-13-31-52(56)53-39-38-46(41-58(53)63(62)44-22-6-2-7-23-44)45-25-18-28-49(40-45)65(61-42-47-24-10-11-29-50(47)51-30-12-14-32-54(51)61)60-37-19-35-57-55-33-16-17-36-59(55)66(64(57)60)48-26-8-3-9-27-48/h1-42H. The van der Waals surface area contributed by atoms with Crippen LogP contribution in [0.4, 0.5) is 17.1 Å². The molecule has 12 aromatic carbocycles. The van der Waals surface area contributed by atoms with Crippen molar-refractivity contribution in [2.24, 2.45) is 0 Å². The van der Waals surface area contributed by atoms with Crippen LogP contribution in [0.3, 0.4) is 0 Å². The molecule has 0 amide bonds. The number of hydrogen-bond acceptors (Lipinski definition) is 1. The van der Waals surface area contributed by atoms with Gasteiger partial charge in [-0.1, -0.05) is 206 Å². The van der Waals surface area contributed by atoms with E-state index in [1.807, 2.05) is 0 Å². The second-order valence-electron chi connectivity index (χ2n) is 17.2. The molecule has 2 heteroatoms. The van der Waals surface area contributed by atoms with Crippen LogP contribution in [0.5, 0.6) is 0 Å². The normalized spacial score (nSPS) is 11.6. The first-order valence-electron chi connectivity index (χ1n) is 22.8. The summed E-state index contributed by atoms with van der Waals surface area (Å²) in [6.45, 7) is 0. The average Bonchev–Trinajstić information content (AvgIpc) is 3.74. The highest BCUT2D eigenvalue weighted by Gasteiger charge is 2.24. The Bertz CT molecular complexity index is 3980. The summed E-state index contributed by atoms with van der Waals surface area (Å²) in [4.78, 5) is 2.51. The van der Waals surface area contributed by atoms with E-state index in [-0.39, 0.29) is 0 Å². The van der Waals surface area contributed by atoms with Crippen molar-refractivity contribution in [2.45, 2.75) is 0 Å². The maximum absolute atomic E-state index is 2.51. The Labute approximate surface area is 383 Å². The maximum atomic E-state index is 2.51. The minimum Gasteiger partial charge on any atom is -0.308 e. The van der Waals surface area contributed by atoms with E-state index in [0.29, 0.717) is 0 Å². The summed E-state index contributed by atoms with van der Waals surface area (Å²) in [7, 11) is 0. The first kappa shape index (κ1) is 37.8. The molecule has 0 aliphatic rings. The van der Waals surface area contributed by atoms with Crippen LogP contribution in [0.15, 0.2) is 255 Å². The third-order valence-corrected chi connectivity index (χ3v) is 13.5. The third kappa shape index (κ3) is 6.04. The van der Waals surface area contributed by atoms with Crippen LogP contribution in [0.2, 0.25) is 0 Å². The van der Waals surface area contributed by atoms with E-state index in [2.05, 4.69) is 264 Å². The van der Waals surface area contributed by atoms with Crippen LogP contribution in [-0.4, -0.2) is 4.57 Å². The van der Waals surface area contributed by atoms with Gasteiger partial charge in [-0.15, -0.1) is 0 Å². The molecule has 0 aliphatic carbocycles. The van der Waals surface area contributed by atoms with Crippen molar-refractivity contribution in [2.75, 3.05) is 4.90 Å². The Morgan fingerprint density at radius 1 is 0.273 bits per heavy atom. The second-order valence-corrected chi connectivity index (χ2v) is 17.2. The van der Waals surface area contributed by atoms with E-state index in [0.717, 1.165) is 39.4 Å². The van der Waals surface area contributed by atoms with E-state index < -0.39 is 0 Å². The van der Waals surface area contributed by atoms with Crippen LogP contribution >= 0.6 is 0 Å². The number of benzene rings is 12. The molecule has 13 rings (SSSR count). The van der Waals surface area contributed by atoms with Crippen molar-refractivity contribution in [3.8, 4) is 39.1 Å². The van der Waals surface area contributed by atoms with Crippen LogP contribution in [0, 0.1) is 0 Å². The number of anilines is 3. The average molecular weight is 839 g/mol. The molecule has 0 unspecified atom stereocenters. The molecule has 308 valence electrons. The number of nitrogens with zero attached hydrogens (tertiary/aromatic N) is 2. The fourth-order valence-electron chi connectivity index (χ4n) is 10.7. The van der Waals surface area contributed by atoms with Crippen LogP contribution in [0.1, 0.15) is 0 Å². The summed E-state index contributed by atoms with van der Waals surface area (Å²) in [5, 5.41) is 12.3. The van der Waals surface area contributed by atoms with Gasteiger partial charge in [-0.25, -0.2) is 0 Å². The van der Waals surface area contributed by atoms with Crippen molar-refractivity contribution in [1.82, 2.24) is 4.57 Å². The molecule has 2 nitrogen and oxygen atoms in total. The van der Waals surface area contributed by atoms with Crippen molar-refractivity contribution >= 4 is 82.0 Å². The smallest absolute Gasteiger partial charge is 0.0782 e. The molecule has 0 spiro atoms. The monoisotopic (exact) mass is 838 g/mol. The Hall–Kier alpha value is -8.72. The lowest BCUT2D eigenvalue weighted by atomic mass is 9.84. The van der Waals surface area contributed by atoms with Crippen molar-refractivity contribution in [3.63, 3.8) is 0 Å². The van der Waals surface area contributed by atoms with Gasteiger partial charge in [0.2, 0.25) is 0 Å². The summed E-state index contributed by atoms with van der Waals surface area (Å²) in [6, 6.07) is 93.4. The van der Waals surface area contributed by atoms with Gasteiger partial charge in [0.1, 0.15) is 0 Å². The molecule has 0 N–H and O–H groups in total. The van der Waals surface area contributed by atoms with Crippen molar-refractivity contribution in [3.05, 3.63) is 255 Å². The van der Waals surface area contributed by atoms with E-state index in [1.54, 1.807) is 0 Å². The first-order chi connectivity index (χ1) is 32.8. The number of aromatic nitrogens is 1. The minimum absolute atomic E-state index is 1.08. The molecule has 0 radical (unpaired) electrons. The lowest BCUT2D eigenvalue weighted by Gasteiger charge is -2.29.